The lowest BCUT2D eigenvalue weighted by Gasteiger charge is -2.31. The lowest BCUT2D eigenvalue weighted by Crippen LogP contribution is -2.36. The van der Waals surface area contributed by atoms with Gasteiger partial charge in [-0.05, 0) is 30.5 Å². The lowest BCUT2D eigenvalue weighted by molar-refractivity contribution is -0.175. The summed E-state index contributed by atoms with van der Waals surface area (Å²) in [5.41, 5.74) is 1.10. The molecule has 0 aliphatic carbocycles. The minimum atomic E-state index is -0.530. The average molecular weight is 304 g/mol. The molecule has 0 aliphatic rings. The summed E-state index contributed by atoms with van der Waals surface area (Å²) in [6.45, 7) is 11.0. The van der Waals surface area contributed by atoms with Gasteiger partial charge in [0.15, 0.2) is 0 Å². The normalized spacial score (nSPS) is 13.6. The van der Waals surface area contributed by atoms with Gasteiger partial charge in [0, 0.05) is 13.3 Å². The van der Waals surface area contributed by atoms with Gasteiger partial charge in [-0.3, -0.25) is 0 Å². The molecule has 0 saturated heterocycles. The highest BCUT2D eigenvalue weighted by Gasteiger charge is 2.26. The van der Waals surface area contributed by atoms with Crippen molar-refractivity contribution in [3.8, 4) is 5.75 Å². The average Bonchev–Trinajstić information content (AvgIpc) is 2.53. The number of ether oxygens (including phenoxy) is 2. The summed E-state index contributed by atoms with van der Waals surface area (Å²) >= 11 is 0. The third kappa shape index (κ3) is 7.13. The second-order valence-electron chi connectivity index (χ2n) is 6.02. The minimum absolute atomic E-state index is 0.530. The van der Waals surface area contributed by atoms with Crippen LogP contribution in [0.3, 0.4) is 0 Å². The van der Waals surface area contributed by atoms with E-state index in [1.165, 1.54) is 19.3 Å². The lowest BCUT2D eigenvalue weighted by atomic mass is 10.1. The molecule has 0 amide bonds. The summed E-state index contributed by atoms with van der Waals surface area (Å²) in [6, 6.07) is 8.01. The summed E-state index contributed by atoms with van der Waals surface area (Å²) in [5.74, 6) is 0.329. The number of hydrogen-bond donors (Lipinski definition) is 0. The molecule has 0 bridgehead atoms. The highest BCUT2D eigenvalue weighted by molar-refractivity contribution is 5.48. The maximum absolute atomic E-state index is 6.15. The van der Waals surface area contributed by atoms with Gasteiger partial charge in [0.1, 0.15) is 5.75 Å². The number of benzene rings is 1. The van der Waals surface area contributed by atoms with Gasteiger partial charge in [-0.1, -0.05) is 64.3 Å². The molecule has 2 heteroatoms. The molecule has 0 saturated carbocycles. The van der Waals surface area contributed by atoms with Crippen molar-refractivity contribution in [2.45, 2.75) is 71.5 Å². The maximum Gasteiger partial charge on any atom is 0.207 e. The third-order valence-corrected chi connectivity index (χ3v) is 3.84. The van der Waals surface area contributed by atoms with E-state index >= 15 is 0 Å². The fraction of sp³-hybridized carbons (Fsp3) is 0.600. The summed E-state index contributed by atoms with van der Waals surface area (Å²) in [6.07, 6.45) is 9.87. The predicted molar refractivity (Wildman–Crippen MR) is 95.2 cm³/mol. The Morgan fingerprint density at radius 3 is 2.27 bits per heavy atom. The second-order valence-corrected chi connectivity index (χ2v) is 6.02. The molecule has 0 fully saturated rings. The Bertz CT molecular complexity index is 410. The molecular weight excluding hydrogens is 272 g/mol. The fourth-order valence-corrected chi connectivity index (χ4v) is 2.39. The first-order valence-corrected chi connectivity index (χ1v) is 8.69. The van der Waals surface area contributed by atoms with Gasteiger partial charge >= 0.3 is 0 Å². The SMILES string of the molecule is C=Cc1ccc(OC(C)(CCCC)OCCCCCC)cc1. The largest absolute Gasteiger partial charge is 0.463 e. The Morgan fingerprint density at radius 2 is 1.68 bits per heavy atom. The van der Waals surface area contributed by atoms with Gasteiger partial charge in [0.05, 0.1) is 6.61 Å². The molecule has 0 radical (unpaired) electrons. The zero-order valence-corrected chi connectivity index (χ0v) is 14.6. The van der Waals surface area contributed by atoms with Crippen LogP contribution >= 0.6 is 0 Å². The molecule has 0 N–H and O–H groups in total. The predicted octanol–water partition coefficient (Wildman–Crippen LogP) is 6.21. The van der Waals surface area contributed by atoms with Crippen LogP contribution in [0.4, 0.5) is 0 Å². The van der Waals surface area contributed by atoms with Crippen molar-refractivity contribution < 1.29 is 9.47 Å². The van der Waals surface area contributed by atoms with E-state index in [1.54, 1.807) is 0 Å². The van der Waals surface area contributed by atoms with Crippen LogP contribution < -0.4 is 4.74 Å². The monoisotopic (exact) mass is 304 g/mol. The number of hydrogen-bond acceptors (Lipinski definition) is 2. The quantitative estimate of drug-likeness (QED) is 0.337. The van der Waals surface area contributed by atoms with Crippen LogP contribution in [-0.2, 0) is 4.74 Å². The van der Waals surface area contributed by atoms with Gasteiger partial charge in [0.25, 0.3) is 0 Å². The Labute approximate surface area is 136 Å². The van der Waals surface area contributed by atoms with E-state index in [2.05, 4.69) is 27.4 Å². The van der Waals surface area contributed by atoms with Gasteiger partial charge in [-0.25, -0.2) is 0 Å². The molecule has 1 aromatic carbocycles. The van der Waals surface area contributed by atoms with Gasteiger partial charge < -0.3 is 9.47 Å². The van der Waals surface area contributed by atoms with E-state index in [1.807, 2.05) is 30.3 Å². The van der Waals surface area contributed by atoms with Crippen molar-refractivity contribution in [2.75, 3.05) is 6.61 Å². The zero-order valence-electron chi connectivity index (χ0n) is 14.6. The third-order valence-electron chi connectivity index (χ3n) is 3.84. The standard InChI is InChI=1S/C20H32O2/c1-5-8-10-11-17-21-20(4,16-9-6-2)22-19-14-12-18(7-3)13-15-19/h7,12-15H,3,5-6,8-11,16-17H2,1-2,4H3. The van der Waals surface area contributed by atoms with E-state index in [0.717, 1.165) is 43.6 Å². The molecule has 0 spiro atoms. The molecule has 124 valence electrons. The van der Waals surface area contributed by atoms with Gasteiger partial charge in [-0.15, -0.1) is 0 Å². The minimum Gasteiger partial charge on any atom is -0.463 e. The van der Waals surface area contributed by atoms with Crippen LogP contribution in [0.1, 0.15) is 71.3 Å². The van der Waals surface area contributed by atoms with Crippen LogP contribution in [0.15, 0.2) is 30.8 Å². The molecule has 1 atom stereocenters. The molecule has 0 aliphatic heterocycles. The van der Waals surface area contributed by atoms with E-state index in [4.69, 9.17) is 9.47 Å². The van der Waals surface area contributed by atoms with Crippen molar-refractivity contribution in [3.63, 3.8) is 0 Å². The zero-order chi connectivity index (χ0) is 16.3. The molecular formula is C20H32O2. The molecule has 0 heterocycles. The molecule has 1 aromatic rings. The summed E-state index contributed by atoms with van der Waals surface area (Å²) in [7, 11) is 0. The van der Waals surface area contributed by atoms with Gasteiger partial charge in [0.2, 0.25) is 5.79 Å². The fourth-order valence-electron chi connectivity index (χ4n) is 2.39. The highest BCUT2D eigenvalue weighted by atomic mass is 16.7. The van der Waals surface area contributed by atoms with Crippen LogP contribution in [0.5, 0.6) is 5.75 Å². The molecule has 22 heavy (non-hydrogen) atoms. The highest BCUT2D eigenvalue weighted by Crippen LogP contribution is 2.25. The molecule has 1 rings (SSSR count). The van der Waals surface area contributed by atoms with E-state index in [9.17, 15) is 0 Å². The Hall–Kier alpha value is -1.28. The smallest absolute Gasteiger partial charge is 0.207 e. The summed E-state index contributed by atoms with van der Waals surface area (Å²) in [4.78, 5) is 0. The molecule has 0 aromatic heterocycles. The Balaban J connectivity index is 2.57. The van der Waals surface area contributed by atoms with Gasteiger partial charge in [-0.2, -0.15) is 0 Å². The van der Waals surface area contributed by atoms with Crippen LogP contribution in [-0.4, -0.2) is 12.4 Å². The molecule has 1 unspecified atom stereocenters. The van der Waals surface area contributed by atoms with E-state index in [0.29, 0.717) is 0 Å². The van der Waals surface area contributed by atoms with Crippen molar-refractivity contribution in [3.05, 3.63) is 36.4 Å². The number of rotatable bonds is 12. The van der Waals surface area contributed by atoms with Crippen molar-refractivity contribution in [1.29, 1.82) is 0 Å². The van der Waals surface area contributed by atoms with Crippen LogP contribution in [0.25, 0.3) is 6.08 Å². The Kier molecular flexibility index (Phi) is 8.91. The van der Waals surface area contributed by atoms with Crippen LogP contribution in [0.2, 0.25) is 0 Å². The second kappa shape index (κ2) is 10.4. The van der Waals surface area contributed by atoms with Crippen LogP contribution in [0, 0.1) is 0 Å². The van der Waals surface area contributed by atoms with E-state index in [-0.39, 0.29) is 0 Å². The van der Waals surface area contributed by atoms with E-state index < -0.39 is 5.79 Å². The first kappa shape index (κ1) is 18.8. The Morgan fingerprint density at radius 1 is 1.00 bits per heavy atom. The van der Waals surface area contributed by atoms with Crippen molar-refractivity contribution >= 4 is 6.08 Å². The summed E-state index contributed by atoms with van der Waals surface area (Å²) < 4.78 is 12.2. The number of unbranched alkanes of at least 4 members (excludes halogenated alkanes) is 4. The maximum atomic E-state index is 6.15. The first-order chi connectivity index (χ1) is 10.6. The van der Waals surface area contributed by atoms with Crippen molar-refractivity contribution in [1.82, 2.24) is 0 Å². The topological polar surface area (TPSA) is 18.5 Å². The summed E-state index contributed by atoms with van der Waals surface area (Å²) in [5, 5.41) is 0. The first-order valence-electron chi connectivity index (χ1n) is 8.69. The van der Waals surface area contributed by atoms with Crippen molar-refractivity contribution in [2.24, 2.45) is 0 Å². The molecule has 2 nitrogen and oxygen atoms in total.